The molecule has 0 unspecified atom stereocenters. The first-order chi connectivity index (χ1) is 9.15. The standard InChI is InChI=1S/C8H11NO.C7H9NO/c9-8-3-1-2-7(6-8)4-5-10;8-7-3-1-2-6(4-7)5-9/h1-3,6,10H,4-5,9H2;1-4,9H,5,8H2. The number of hydrogen-bond donors (Lipinski definition) is 4. The number of benzene rings is 2. The van der Waals surface area contributed by atoms with Gasteiger partial charge in [-0.2, -0.15) is 0 Å². The maximum Gasteiger partial charge on any atom is 0.0682 e. The second-order valence-electron chi connectivity index (χ2n) is 4.12. The normalized spacial score (nSPS) is 9.58. The molecule has 0 spiro atoms. The molecule has 19 heavy (non-hydrogen) atoms. The molecule has 0 atom stereocenters. The van der Waals surface area contributed by atoms with Crippen LogP contribution in [-0.4, -0.2) is 16.8 Å². The first-order valence-electron chi connectivity index (χ1n) is 6.06. The van der Waals surface area contributed by atoms with E-state index in [1.807, 2.05) is 36.4 Å². The SMILES string of the molecule is Nc1cccc(CCO)c1.Nc1cccc(CO)c1. The Hall–Kier alpha value is -2.04. The molecule has 0 aliphatic carbocycles. The number of aliphatic hydroxyl groups excluding tert-OH is 2. The molecule has 0 saturated carbocycles. The van der Waals surface area contributed by atoms with Crippen LogP contribution in [0.2, 0.25) is 0 Å². The molecular weight excluding hydrogens is 240 g/mol. The van der Waals surface area contributed by atoms with Crippen LogP contribution in [0, 0.1) is 0 Å². The van der Waals surface area contributed by atoms with E-state index in [1.54, 1.807) is 12.1 Å². The Morgan fingerprint density at radius 2 is 1.32 bits per heavy atom. The van der Waals surface area contributed by atoms with E-state index in [0.29, 0.717) is 12.1 Å². The summed E-state index contributed by atoms with van der Waals surface area (Å²) in [5.41, 5.74) is 14.3. The van der Waals surface area contributed by atoms with Crippen LogP contribution >= 0.6 is 0 Å². The van der Waals surface area contributed by atoms with Gasteiger partial charge in [-0.3, -0.25) is 0 Å². The fraction of sp³-hybridized carbons (Fsp3) is 0.200. The highest BCUT2D eigenvalue weighted by Crippen LogP contribution is 2.06. The van der Waals surface area contributed by atoms with Gasteiger partial charge in [0.1, 0.15) is 0 Å². The molecule has 2 rings (SSSR count). The summed E-state index contributed by atoms with van der Waals surface area (Å²) in [6.45, 7) is 0.245. The van der Waals surface area contributed by atoms with E-state index in [9.17, 15) is 0 Å². The first-order valence-corrected chi connectivity index (χ1v) is 6.06. The van der Waals surface area contributed by atoms with Crippen LogP contribution in [0.15, 0.2) is 48.5 Å². The fourth-order valence-electron chi connectivity index (χ4n) is 1.57. The van der Waals surface area contributed by atoms with Gasteiger partial charge in [-0.05, 0) is 41.8 Å². The van der Waals surface area contributed by atoms with E-state index >= 15 is 0 Å². The van der Waals surface area contributed by atoms with Crippen LogP contribution in [0.25, 0.3) is 0 Å². The zero-order valence-electron chi connectivity index (χ0n) is 10.8. The van der Waals surface area contributed by atoms with E-state index in [0.717, 1.165) is 16.8 Å². The van der Waals surface area contributed by atoms with Crippen LogP contribution in [0.4, 0.5) is 11.4 Å². The summed E-state index contributed by atoms with van der Waals surface area (Å²) in [6.07, 6.45) is 0.686. The summed E-state index contributed by atoms with van der Waals surface area (Å²) in [7, 11) is 0. The van der Waals surface area contributed by atoms with Crippen LogP contribution in [0.1, 0.15) is 11.1 Å². The van der Waals surface area contributed by atoms with Crippen molar-refractivity contribution in [3.05, 3.63) is 59.7 Å². The monoisotopic (exact) mass is 260 g/mol. The third-order valence-corrected chi connectivity index (χ3v) is 2.49. The molecule has 2 aromatic carbocycles. The lowest BCUT2D eigenvalue weighted by atomic mass is 10.1. The number of hydrogen-bond acceptors (Lipinski definition) is 4. The van der Waals surface area contributed by atoms with Gasteiger partial charge in [-0.25, -0.2) is 0 Å². The van der Waals surface area contributed by atoms with Crippen molar-refractivity contribution in [3.8, 4) is 0 Å². The smallest absolute Gasteiger partial charge is 0.0682 e. The Bertz CT molecular complexity index is 501. The van der Waals surface area contributed by atoms with Gasteiger partial charge in [0, 0.05) is 18.0 Å². The Kier molecular flexibility index (Phi) is 6.43. The molecule has 2 aromatic rings. The maximum atomic E-state index is 8.61. The van der Waals surface area contributed by atoms with Gasteiger partial charge < -0.3 is 21.7 Å². The highest BCUT2D eigenvalue weighted by molar-refractivity contribution is 5.41. The predicted molar refractivity (Wildman–Crippen MR) is 78.4 cm³/mol. The molecule has 0 aliphatic heterocycles. The number of nitrogen functional groups attached to an aromatic ring is 2. The minimum absolute atomic E-state index is 0.0606. The average Bonchev–Trinajstić information content (AvgIpc) is 2.40. The second-order valence-corrected chi connectivity index (χ2v) is 4.12. The van der Waals surface area contributed by atoms with Crippen molar-refractivity contribution in [1.82, 2.24) is 0 Å². The highest BCUT2D eigenvalue weighted by Gasteiger charge is 1.90. The number of rotatable bonds is 3. The van der Waals surface area contributed by atoms with Gasteiger partial charge in [-0.15, -0.1) is 0 Å². The zero-order chi connectivity index (χ0) is 14.1. The van der Waals surface area contributed by atoms with Crippen LogP contribution < -0.4 is 11.5 Å². The molecule has 6 N–H and O–H groups in total. The molecule has 0 aliphatic rings. The third-order valence-electron chi connectivity index (χ3n) is 2.49. The lowest BCUT2D eigenvalue weighted by molar-refractivity contribution is 0.282. The largest absolute Gasteiger partial charge is 0.399 e. The summed E-state index contributed by atoms with van der Waals surface area (Å²) in [5.74, 6) is 0. The molecule has 0 aromatic heterocycles. The topological polar surface area (TPSA) is 92.5 Å². The lowest BCUT2D eigenvalue weighted by Crippen LogP contribution is -1.91. The first kappa shape index (κ1) is 15.0. The van der Waals surface area contributed by atoms with Crippen LogP contribution in [0.5, 0.6) is 0 Å². The van der Waals surface area contributed by atoms with E-state index < -0.39 is 0 Å². The summed E-state index contributed by atoms with van der Waals surface area (Å²) < 4.78 is 0. The van der Waals surface area contributed by atoms with Crippen molar-refractivity contribution in [2.24, 2.45) is 0 Å². The van der Waals surface area contributed by atoms with Gasteiger partial charge in [0.05, 0.1) is 6.61 Å². The Morgan fingerprint density at radius 3 is 1.74 bits per heavy atom. The minimum atomic E-state index is 0.0606. The molecular formula is C15H20N2O2. The predicted octanol–water partition coefficient (Wildman–Crippen LogP) is 1.56. The zero-order valence-corrected chi connectivity index (χ0v) is 10.8. The van der Waals surface area contributed by atoms with Crippen molar-refractivity contribution in [2.75, 3.05) is 18.1 Å². The van der Waals surface area contributed by atoms with Crippen LogP contribution in [-0.2, 0) is 13.0 Å². The van der Waals surface area contributed by atoms with Crippen LogP contribution in [0.3, 0.4) is 0 Å². The van der Waals surface area contributed by atoms with Gasteiger partial charge in [0.2, 0.25) is 0 Å². The average molecular weight is 260 g/mol. The van der Waals surface area contributed by atoms with Crippen molar-refractivity contribution in [1.29, 1.82) is 0 Å². The number of anilines is 2. The fourth-order valence-corrected chi connectivity index (χ4v) is 1.57. The van der Waals surface area contributed by atoms with E-state index in [4.69, 9.17) is 21.7 Å². The van der Waals surface area contributed by atoms with Crippen molar-refractivity contribution in [3.63, 3.8) is 0 Å². The van der Waals surface area contributed by atoms with E-state index in [1.165, 1.54) is 0 Å². The molecule has 0 bridgehead atoms. The summed E-state index contributed by atoms with van der Waals surface area (Å²) in [6, 6.07) is 14.7. The minimum Gasteiger partial charge on any atom is -0.399 e. The molecule has 0 amide bonds. The molecule has 4 nitrogen and oxygen atoms in total. The molecule has 4 heteroatoms. The molecule has 0 radical (unpaired) electrons. The van der Waals surface area contributed by atoms with E-state index in [2.05, 4.69) is 0 Å². The maximum absolute atomic E-state index is 8.61. The lowest BCUT2D eigenvalue weighted by Gasteiger charge is -1.97. The summed E-state index contributed by atoms with van der Waals surface area (Å²) >= 11 is 0. The highest BCUT2D eigenvalue weighted by atomic mass is 16.3. The van der Waals surface area contributed by atoms with Gasteiger partial charge in [-0.1, -0.05) is 24.3 Å². The Balaban J connectivity index is 0.000000191. The Morgan fingerprint density at radius 1 is 0.789 bits per heavy atom. The number of nitrogens with two attached hydrogens (primary N) is 2. The van der Waals surface area contributed by atoms with Crippen molar-refractivity contribution >= 4 is 11.4 Å². The van der Waals surface area contributed by atoms with E-state index in [-0.39, 0.29) is 13.2 Å². The number of aliphatic hydroxyl groups is 2. The summed E-state index contributed by atoms with van der Waals surface area (Å²) in [5, 5.41) is 17.2. The van der Waals surface area contributed by atoms with Gasteiger partial charge in [0.15, 0.2) is 0 Å². The molecule has 102 valence electrons. The summed E-state index contributed by atoms with van der Waals surface area (Å²) in [4.78, 5) is 0. The van der Waals surface area contributed by atoms with Crippen molar-refractivity contribution < 1.29 is 10.2 Å². The molecule has 0 fully saturated rings. The Labute approximate surface area is 113 Å². The van der Waals surface area contributed by atoms with Gasteiger partial charge in [0.25, 0.3) is 0 Å². The molecule has 0 saturated heterocycles. The third kappa shape index (κ3) is 5.90. The quantitative estimate of drug-likeness (QED) is 0.630. The molecule has 0 heterocycles. The van der Waals surface area contributed by atoms with Gasteiger partial charge >= 0.3 is 0 Å². The van der Waals surface area contributed by atoms with Crippen molar-refractivity contribution in [2.45, 2.75) is 13.0 Å². The second kappa shape index (κ2) is 8.13.